The third kappa shape index (κ3) is 2.09. The third-order valence-corrected chi connectivity index (χ3v) is 4.83. The molecule has 0 bridgehead atoms. The molecule has 0 aromatic carbocycles. The van der Waals surface area contributed by atoms with Crippen LogP contribution in [0.2, 0.25) is 0 Å². The number of hydrogen-bond acceptors (Lipinski definition) is 3. The highest BCUT2D eigenvalue weighted by atomic mass is 16.5. The Labute approximate surface area is 104 Å². The van der Waals surface area contributed by atoms with Crippen LogP contribution in [-0.2, 0) is 4.74 Å². The van der Waals surface area contributed by atoms with E-state index in [-0.39, 0.29) is 0 Å². The molecule has 3 unspecified atom stereocenters. The van der Waals surface area contributed by atoms with E-state index >= 15 is 0 Å². The van der Waals surface area contributed by atoms with Crippen molar-refractivity contribution in [2.45, 2.75) is 51.6 Å². The van der Waals surface area contributed by atoms with E-state index in [9.17, 15) is 10.4 Å². The van der Waals surface area contributed by atoms with E-state index in [1.54, 1.807) is 0 Å². The van der Waals surface area contributed by atoms with Gasteiger partial charge in [0.25, 0.3) is 0 Å². The van der Waals surface area contributed by atoms with Gasteiger partial charge in [-0.25, -0.2) is 0 Å². The average molecular weight is 237 g/mol. The highest BCUT2D eigenvalue weighted by Crippen LogP contribution is 2.49. The van der Waals surface area contributed by atoms with Crippen LogP contribution in [0.1, 0.15) is 46.0 Å². The Morgan fingerprint density at radius 2 is 2.18 bits per heavy atom. The van der Waals surface area contributed by atoms with E-state index in [2.05, 4.69) is 19.9 Å². The Balaban J connectivity index is 2.20. The SMILES string of the molecule is CC(C)C1CCCC(O)(C2(C#N)CCOC2)C1. The van der Waals surface area contributed by atoms with Crippen molar-refractivity contribution >= 4 is 0 Å². The maximum absolute atomic E-state index is 10.9. The highest BCUT2D eigenvalue weighted by molar-refractivity contribution is 5.14. The second-order valence-electron chi connectivity index (χ2n) is 6.13. The van der Waals surface area contributed by atoms with Gasteiger partial charge in [0, 0.05) is 6.61 Å². The molecular formula is C14H23NO2. The summed E-state index contributed by atoms with van der Waals surface area (Å²) in [6.07, 6.45) is 4.42. The summed E-state index contributed by atoms with van der Waals surface area (Å²) in [5.41, 5.74) is -1.48. The van der Waals surface area contributed by atoms with Crippen molar-refractivity contribution in [1.29, 1.82) is 5.26 Å². The Morgan fingerprint density at radius 1 is 1.41 bits per heavy atom. The first-order valence-corrected chi connectivity index (χ1v) is 6.74. The molecule has 3 atom stereocenters. The predicted molar refractivity (Wildman–Crippen MR) is 65.2 cm³/mol. The fourth-order valence-electron chi connectivity index (χ4n) is 3.42. The fourth-order valence-corrected chi connectivity index (χ4v) is 3.42. The smallest absolute Gasteiger partial charge is 0.111 e. The summed E-state index contributed by atoms with van der Waals surface area (Å²) in [5, 5.41) is 20.4. The molecule has 0 radical (unpaired) electrons. The highest BCUT2D eigenvalue weighted by Gasteiger charge is 2.55. The van der Waals surface area contributed by atoms with Gasteiger partial charge in [-0.3, -0.25) is 0 Å². The number of ether oxygens (including phenoxy) is 1. The van der Waals surface area contributed by atoms with E-state index in [1.807, 2.05) is 0 Å². The van der Waals surface area contributed by atoms with Crippen molar-refractivity contribution in [1.82, 2.24) is 0 Å². The van der Waals surface area contributed by atoms with Crippen LogP contribution in [0, 0.1) is 28.6 Å². The molecule has 2 rings (SSSR count). The molecule has 1 aliphatic heterocycles. The zero-order chi connectivity index (χ0) is 12.5. The van der Waals surface area contributed by atoms with Crippen LogP contribution in [0.4, 0.5) is 0 Å². The Morgan fingerprint density at radius 3 is 2.71 bits per heavy atom. The predicted octanol–water partition coefficient (Wildman–Crippen LogP) is 2.49. The van der Waals surface area contributed by atoms with Crippen LogP contribution in [0.25, 0.3) is 0 Å². The molecule has 0 amide bonds. The normalized spacial score (nSPS) is 42.6. The lowest BCUT2D eigenvalue weighted by Crippen LogP contribution is -2.51. The zero-order valence-electron chi connectivity index (χ0n) is 10.9. The number of aliphatic hydroxyl groups is 1. The molecule has 1 saturated carbocycles. The minimum Gasteiger partial charge on any atom is -0.388 e. The quantitative estimate of drug-likeness (QED) is 0.802. The molecule has 0 aromatic rings. The topological polar surface area (TPSA) is 53.2 Å². The number of rotatable bonds is 2. The van der Waals surface area contributed by atoms with Crippen molar-refractivity contribution < 1.29 is 9.84 Å². The van der Waals surface area contributed by atoms with Crippen LogP contribution in [0.3, 0.4) is 0 Å². The van der Waals surface area contributed by atoms with Crippen molar-refractivity contribution in [2.24, 2.45) is 17.3 Å². The molecular weight excluding hydrogens is 214 g/mol. The van der Waals surface area contributed by atoms with Gasteiger partial charge >= 0.3 is 0 Å². The van der Waals surface area contributed by atoms with Crippen molar-refractivity contribution in [2.75, 3.05) is 13.2 Å². The standard InChI is InChI=1S/C14H23NO2/c1-11(2)12-4-3-5-14(16,8-12)13(9-15)6-7-17-10-13/h11-12,16H,3-8,10H2,1-2H3. The number of nitriles is 1. The van der Waals surface area contributed by atoms with Gasteiger partial charge in [0.1, 0.15) is 5.41 Å². The maximum atomic E-state index is 10.9. The maximum Gasteiger partial charge on any atom is 0.111 e. The summed E-state index contributed by atoms with van der Waals surface area (Å²) in [6, 6.07) is 2.37. The van der Waals surface area contributed by atoms with Gasteiger partial charge in [-0.05, 0) is 37.5 Å². The summed E-state index contributed by atoms with van der Waals surface area (Å²) in [6.45, 7) is 5.44. The van der Waals surface area contributed by atoms with Crippen LogP contribution in [0.15, 0.2) is 0 Å². The van der Waals surface area contributed by atoms with Gasteiger partial charge in [-0.2, -0.15) is 5.26 Å². The Hall–Kier alpha value is -0.590. The minimum atomic E-state index is -0.828. The van der Waals surface area contributed by atoms with E-state index in [0.29, 0.717) is 31.5 Å². The van der Waals surface area contributed by atoms with E-state index < -0.39 is 11.0 Å². The Kier molecular flexibility index (Phi) is 3.47. The van der Waals surface area contributed by atoms with Crippen LogP contribution in [0.5, 0.6) is 0 Å². The van der Waals surface area contributed by atoms with Crippen molar-refractivity contribution in [3.8, 4) is 6.07 Å². The molecule has 1 N–H and O–H groups in total. The lowest BCUT2D eigenvalue weighted by atomic mass is 9.61. The van der Waals surface area contributed by atoms with Gasteiger partial charge in [-0.1, -0.05) is 20.3 Å². The van der Waals surface area contributed by atoms with Crippen LogP contribution < -0.4 is 0 Å². The fraction of sp³-hybridized carbons (Fsp3) is 0.929. The number of nitrogens with zero attached hydrogens (tertiary/aromatic N) is 1. The molecule has 0 spiro atoms. The molecule has 1 heterocycles. The third-order valence-electron chi connectivity index (χ3n) is 4.83. The monoisotopic (exact) mass is 237 g/mol. The first-order chi connectivity index (χ1) is 8.03. The van der Waals surface area contributed by atoms with Gasteiger partial charge in [0.05, 0.1) is 18.3 Å². The molecule has 0 aromatic heterocycles. The first-order valence-electron chi connectivity index (χ1n) is 6.74. The summed E-state index contributed by atoms with van der Waals surface area (Å²) in [7, 11) is 0. The average Bonchev–Trinajstić information content (AvgIpc) is 2.79. The molecule has 96 valence electrons. The van der Waals surface area contributed by atoms with Gasteiger partial charge in [-0.15, -0.1) is 0 Å². The largest absolute Gasteiger partial charge is 0.388 e. The second-order valence-corrected chi connectivity index (χ2v) is 6.13. The minimum absolute atomic E-state index is 0.408. The van der Waals surface area contributed by atoms with Crippen LogP contribution >= 0.6 is 0 Å². The number of hydrogen-bond donors (Lipinski definition) is 1. The van der Waals surface area contributed by atoms with E-state index in [1.165, 1.54) is 6.42 Å². The van der Waals surface area contributed by atoms with Gasteiger partial charge < -0.3 is 9.84 Å². The summed E-state index contributed by atoms with van der Waals surface area (Å²) in [5.74, 6) is 1.12. The van der Waals surface area contributed by atoms with Crippen molar-refractivity contribution in [3.63, 3.8) is 0 Å². The second kappa shape index (κ2) is 4.59. The van der Waals surface area contributed by atoms with E-state index in [0.717, 1.165) is 19.3 Å². The summed E-state index contributed by atoms with van der Waals surface area (Å²) < 4.78 is 5.38. The molecule has 2 aliphatic rings. The van der Waals surface area contributed by atoms with Gasteiger partial charge in [0.15, 0.2) is 0 Å². The molecule has 1 saturated heterocycles. The molecule has 17 heavy (non-hydrogen) atoms. The first kappa shape index (κ1) is 12.9. The lowest BCUT2D eigenvalue weighted by molar-refractivity contribution is -0.102. The lowest BCUT2D eigenvalue weighted by Gasteiger charge is -2.45. The van der Waals surface area contributed by atoms with Crippen molar-refractivity contribution in [3.05, 3.63) is 0 Å². The molecule has 3 heteroatoms. The van der Waals surface area contributed by atoms with E-state index in [4.69, 9.17) is 4.74 Å². The molecule has 1 aliphatic carbocycles. The Bertz CT molecular complexity index is 315. The summed E-state index contributed by atoms with van der Waals surface area (Å²) in [4.78, 5) is 0. The van der Waals surface area contributed by atoms with Gasteiger partial charge in [0.2, 0.25) is 0 Å². The summed E-state index contributed by atoms with van der Waals surface area (Å²) >= 11 is 0. The zero-order valence-corrected chi connectivity index (χ0v) is 10.9. The van der Waals surface area contributed by atoms with Crippen LogP contribution in [-0.4, -0.2) is 23.9 Å². The molecule has 3 nitrogen and oxygen atoms in total. The molecule has 2 fully saturated rings.